The number of nitrogens with two attached hydrogens (primary N) is 1. The number of hydrogen-bond acceptors (Lipinski definition) is 4. The van der Waals surface area contributed by atoms with E-state index < -0.39 is 0 Å². The van der Waals surface area contributed by atoms with Gasteiger partial charge >= 0.3 is 0 Å². The summed E-state index contributed by atoms with van der Waals surface area (Å²) in [5.74, 6) is 0.643. The van der Waals surface area contributed by atoms with Crippen LogP contribution in [0, 0.1) is 0 Å². The summed E-state index contributed by atoms with van der Waals surface area (Å²) in [4.78, 5) is 2.00. The van der Waals surface area contributed by atoms with Gasteiger partial charge in [0.1, 0.15) is 5.75 Å². The van der Waals surface area contributed by atoms with Crippen molar-refractivity contribution in [1.82, 2.24) is 0 Å². The molecular weight excluding hydrogens is 252 g/mol. The van der Waals surface area contributed by atoms with Crippen molar-refractivity contribution >= 4 is 11.4 Å². The summed E-state index contributed by atoms with van der Waals surface area (Å²) in [6.07, 6.45) is 0. The van der Waals surface area contributed by atoms with Gasteiger partial charge in [-0.3, -0.25) is 0 Å². The summed E-state index contributed by atoms with van der Waals surface area (Å²) >= 11 is 0. The number of nitrogens with zero attached hydrogens (tertiary/aromatic N) is 1. The van der Waals surface area contributed by atoms with Gasteiger partial charge < -0.3 is 20.1 Å². The first-order valence-electron chi connectivity index (χ1n) is 6.48. The summed E-state index contributed by atoms with van der Waals surface area (Å²) in [6, 6.07) is 15.7. The number of nitrogen functional groups attached to an aromatic ring is 1. The number of benzene rings is 2. The zero-order valence-electron chi connectivity index (χ0n) is 11.9. The van der Waals surface area contributed by atoms with E-state index in [1.54, 1.807) is 0 Å². The van der Waals surface area contributed by atoms with Crippen LogP contribution in [0.1, 0.15) is 5.56 Å². The highest BCUT2D eigenvalue weighted by Crippen LogP contribution is 2.26. The van der Waals surface area contributed by atoms with Gasteiger partial charge in [-0.25, -0.2) is 0 Å². The van der Waals surface area contributed by atoms with Crippen molar-refractivity contribution in [2.45, 2.75) is 6.61 Å². The third kappa shape index (κ3) is 3.90. The van der Waals surface area contributed by atoms with E-state index in [0.717, 1.165) is 11.3 Å². The van der Waals surface area contributed by atoms with Gasteiger partial charge in [-0.15, -0.1) is 0 Å². The van der Waals surface area contributed by atoms with E-state index in [-0.39, 0.29) is 6.79 Å². The molecule has 0 aromatic heterocycles. The molecule has 4 heteroatoms. The molecule has 4 nitrogen and oxygen atoms in total. The van der Waals surface area contributed by atoms with Crippen LogP contribution in [0.3, 0.4) is 0 Å². The average molecular weight is 272 g/mol. The molecule has 0 fully saturated rings. The Hall–Kier alpha value is -2.20. The molecule has 0 saturated carbocycles. The van der Waals surface area contributed by atoms with Crippen molar-refractivity contribution in [2.75, 3.05) is 31.5 Å². The lowest BCUT2D eigenvalue weighted by molar-refractivity contribution is 0.00549. The van der Waals surface area contributed by atoms with Crippen LogP contribution in [0.2, 0.25) is 0 Å². The maximum atomic E-state index is 5.88. The summed E-state index contributed by atoms with van der Waals surface area (Å²) in [5, 5.41) is 0. The fourth-order valence-corrected chi connectivity index (χ4v) is 1.77. The quantitative estimate of drug-likeness (QED) is 0.499. The minimum absolute atomic E-state index is 0.177. The third-order valence-electron chi connectivity index (χ3n) is 2.92. The Labute approximate surface area is 119 Å². The lowest BCUT2D eigenvalue weighted by Crippen LogP contribution is -2.10. The lowest BCUT2D eigenvalue weighted by atomic mass is 10.2. The predicted molar refractivity (Wildman–Crippen MR) is 81.9 cm³/mol. The molecule has 106 valence electrons. The Morgan fingerprint density at radius 3 is 2.50 bits per heavy atom. The van der Waals surface area contributed by atoms with E-state index in [2.05, 4.69) is 0 Å². The van der Waals surface area contributed by atoms with Gasteiger partial charge in [0.25, 0.3) is 0 Å². The highest BCUT2D eigenvalue weighted by molar-refractivity contribution is 5.61. The molecule has 0 spiro atoms. The molecule has 0 radical (unpaired) electrons. The Morgan fingerprint density at radius 1 is 1.05 bits per heavy atom. The maximum absolute atomic E-state index is 5.88. The van der Waals surface area contributed by atoms with Gasteiger partial charge in [-0.05, 0) is 17.7 Å². The van der Waals surface area contributed by atoms with Crippen LogP contribution in [-0.2, 0) is 11.3 Å². The first-order chi connectivity index (χ1) is 9.66. The molecule has 2 aromatic rings. The van der Waals surface area contributed by atoms with Crippen LogP contribution in [0.4, 0.5) is 11.4 Å². The summed E-state index contributed by atoms with van der Waals surface area (Å²) in [6.45, 7) is 0.699. The number of hydrogen-bond donors (Lipinski definition) is 1. The minimum atomic E-state index is 0.177. The van der Waals surface area contributed by atoms with Crippen LogP contribution in [-0.4, -0.2) is 20.9 Å². The topological polar surface area (TPSA) is 47.7 Å². The first kappa shape index (κ1) is 14.2. The normalized spacial score (nSPS) is 10.3. The number of ether oxygens (including phenoxy) is 2. The SMILES string of the molecule is CN(C)c1ccc(N)c(OCOCc2ccccc2)c1. The molecule has 0 aliphatic carbocycles. The van der Waals surface area contributed by atoms with Crippen molar-refractivity contribution < 1.29 is 9.47 Å². The summed E-state index contributed by atoms with van der Waals surface area (Å²) in [7, 11) is 3.95. The molecule has 2 aromatic carbocycles. The summed E-state index contributed by atoms with van der Waals surface area (Å²) < 4.78 is 11.1. The highest BCUT2D eigenvalue weighted by Gasteiger charge is 2.04. The fourth-order valence-electron chi connectivity index (χ4n) is 1.77. The fraction of sp³-hybridized carbons (Fsp3) is 0.250. The van der Waals surface area contributed by atoms with Crippen molar-refractivity contribution in [1.29, 1.82) is 0 Å². The number of anilines is 2. The molecule has 0 atom stereocenters. The van der Waals surface area contributed by atoms with E-state index in [9.17, 15) is 0 Å². The molecule has 0 saturated heterocycles. The van der Waals surface area contributed by atoms with Crippen LogP contribution in [0.15, 0.2) is 48.5 Å². The van der Waals surface area contributed by atoms with Gasteiger partial charge in [-0.2, -0.15) is 0 Å². The van der Waals surface area contributed by atoms with Crippen LogP contribution < -0.4 is 15.4 Å². The molecule has 0 aliphatic heterocycles. The van der Waals surface area contributed by atoms with E-state index in [4.69, 9.17) is 15.2 Å². The van der Waals surface area contributed by atoms with Gasteiger partial charge in [0.2, 0.25) is 0 Å². The second-order valence-corrected chi connectivity index (χ2v) is 4.71. The first-order valence-corrected chi connectivity index (χ1v) is 6.48. The minimum Gasteiger partial charge on any atom is -0.465 e. The molecule has 2 rings (SSSR count). The van der Waals surface area contributed by atoms with Crippen molar-refractivity contribution in [3.63, 3.8) is 0 Å². The second kappa shape index (κ2) is 6.82. The van der Waals surface area contributed by atoms with Crippen molar-refractivity contribution in [2.24, 2.45) is 0 Å². The Balaban J connectivity index is 1.86. The molecule has 20 heavy (non-hydrogen) atoms. The van der Waals surface area contributed by atoms with Gasteiger partial charge in [0.05, 0.1) is 12.3 Å². The van der Waals surface area contributed by atoms with Gasteiger partial charge in [0, 0.05) is 25.8 Å². The largest absolute Gasteiger partial charge is 0.465 e. The standard InChI is InChI=1S/C16H20N2O2/c1-18(2)14-8-9-15(17)16(10-14)20-12-19-11-13-6-4-3-5-7-13/h3-10H,11-12,17H2,1-2H3. The maximum Gasteiger partial charge on any atom is 0.189 e. The molecule has 0 unspecified atom stereocenters. The van der Waals surface area contributed by atoms with Crippen LogP contribution >= 0.6 is 0 Å². The third-order valence-corrected chi connectivity index (χ3v) is 2.92. The molecule has 0 aliphatic rings. The zero-order chi connectivity index (χ0) is 14.4. The van der Waals surface area contributed by atoms with Crippen LogP contribution in [0.5, 0.6) is 5.75 Å². The average Bonchev–Trinajstić information content (AvgIpc) is 2.46. The van der Waals surface area contributed by atoms with Crippen molar-refractivity contribution in [3.05, 3.63) is 54.1 Å². The van der Waals surface area contributed by atoms with Gasteiger partial charge in [-0.1, -0.05) is 30.3 Å². The molecular formula is C16H20N2O2. The monoisotopic (exact) mass is 272 g/mol. The molecule has 0 amide bonds. The lowest BCUT2D eigenvalue weighted by Gasteiger charge is -2.15. The molecule has 0 heterocycles. The molecule has 2 N–H and O–H groups in total. The van der Waals surface area contributed by atoms with E-state index in [1.165, 1.54) is 0 Å². The van der Waals surface area contributed by atoms with Crippen LogP contribution in [0.25, 0.3) is 0 Å². The van der Waals surface area contributed by atoms with E-state index >= 15 is 0 Å². The van der Waals surface area contributed by atoms with Crippen molar-refractivity contribution in [3.8, 4) is 5.75 Å². The Bertz CT molecular complexity index is 541. The smallest absolute Gasteiger partial charge is 0.189 e. The van der Waals surface area contributed by atoms with E-state index in [1.807, 2.05) is 67.5 Å². The Morgan fingerprint density at radius 2 is 1.80 bits per heavy atom. The Kier molecular flexibility index (Phi) is 4.85. The van der Waals surface area contributed by atoms with Gasteiger partial charge in [0.15, 0.2) is 6.79 Å². The summed E-state index contributed by atoms with van der Waals surface area (Å²) in [5.41, 5.74) is 8.65. The number of rotatable bonds is 6. The molecule has 0 bridgehead atoms. The highest BCUT2D eigenvalue weighted by atomic mass is 16.7. The predicted octanol–water partition coefficient (Wildman–Crippen LogP) is 2.89. The second-order valence-electron chi connectivity index (χ2n) is 4.71. The zero-order valence-corrected chi connectivity index (χ0v) is 11.9. The van der Waals surface area contributed by atoms with E-state index in [0.29, 0.717) is 18.0 Å².